The first kappa shape index (κ1) is 20.3. The van der Waals surface area contributed by atoms with Gasteiger partial charge in [0.25, 0.3) is 0 Å². The highest BCUT2D eigenvalue weighted by molar-refractivity contribution is 5.98. The molecule has 160 valence electrons. The molecule has 0 amide bonds. The van der Waals surface area contributed by atoms with E-state index in [1.165, 1.54) is 0 Å². The number of fused-ring (bicyclic) bond motifs is 1. The zero-order valence-electron chi connectivity index (χ0n) is 17.6. The standard InChI is InChI=1S/C23H27NO6/c1-26-19-11-21(28-3)20(27-2)10-17(19)13-24-8-4-5-16(12-24)23(25)15-6-7-18-22(9-15)30-14-29-18/h6-7,9-11,16H,4-5,8,12-14H2,1-3H3/t16-/m0/s1. The van der Waals surface area contributed by atoms with Gasteiger partial charge in [0.05, 0.1) is 21.3 Å². The fourth-order valence-corrected chi connectivity index (χ4v) is 4.16. The Morgan fingerprint density at radius 1 is 1.00 bits per heavy atom. The predicted molar refractivity (Wildman–Crippen MR) is 111 cm³/mol. The molecule has 2 aromatic rings. The maximum Gasteiger partial charge on any atom is 0.231 e. The van der Waals surface area contributed by atoms with Crippen LogP contribution in [0.1, 0.15) is 28.8 Å². The summed E-state index contributed by atoms with van der Waals surface area (Å²) in [4.78, 5) is 15.4. The van der Waals surface area contributed by atoms with E-state index in [4.69, 9.17) is 23.7 Å². The van der Waals surface area contributed by atoms with Gasteiger partial charge in [-0.1, -0.05) is 0 Å². The molecule has 2 aromatic carbocycles. The van der Waals surface area contributed by atoms with Gasteiger partial charge in [-0.15, -0.1) is 0 Å². The van der Waals surface area contributed by atoms with E-state index in [9.17, 15) is 4.79 Å². The van der Waals surface area contributed by atoms with Gasteiger partial charge in [-0.05, 0) is 43.7 Å². The second kappa shape index (κ2) is 8.83. The van der Waals surface area contributed by atoms with Gasteiger partial charge in [-0.25, -0.2) is 0 Å². The van der Waals surface area contributed by atoms with Crippen LogP contribution in [0.3, 0.4) is 0 Å². The van der Waals surface area contributed by atoms with E-state index in [0.29, 0.717) is 41.7 Å². The van der Waals surface area contributed by atoms with Crippen LogP contribution in [0, 0.1) is 5.92 Å². The molecule has 2 aliphatic rings. The van der Waals surface area contributed by atoms with Crippen LogP contribution in [0.4, 0.5) is 0 Å². The molecule has 1 fully saturated rings. The van der Waals surface area contributed by atoms with Crippen LogP contribution in [0.5, 0.6) is 28.7 Å². The number of ketones is 1. The molecular weight excluding hydrogens is 386 g/mol. The Labute approximate surface area is 176 Å². The zero-order valence-corrected chi connectivity index (χ0v) is 17.6. The number of hydrogen-bond donors (Lipinski definition) is 0. The minimum atomic E-state index is -0.0507. The molecule has 2 aliphatic heterocycles. The Bertz CT molecular complexity index is 928. The third kappa shape index (κ3) is 4.03. The highest BCUT2D eigenvalue weighted by atomic mass is 16.7. The summed E-state index contributed by atoms with van der Waals surface area (Å²) in [7, 11) is 4.87. The van der Waals surface area contributed by atoms with Gasteiger partial charge in [0, 0.05) is 36.2 Å². The lowest BCUT2D eigenvalue weighted by Gasteiger charge is -2.32. The number of rotatable bonds is 7. The second-order valence-corrected chi connectivity index (χ2v) is 7.53. The monoisotopic (exact) mass is 413 g/mol. The molecule has 0 radical (unpaired) electrons. The number of nitrogens with zero attached hydrogens (tertiary/aromatic N) is 1. The first-order chi connectivity index (χ1) is 14.6. The van der Waals surface area contributed by atoms with Crippen molar-refractivity contribution in [2.45, 2.75) is 19.4 Å². The van der Waals surface area contributed by atoms with Crippen LogP contribution >= 0.6 is 0 Å². The molecule has 7 nitrogen and oxygen atoms in total. The van der Waals surface area contributed by atoms with E-state index in [-0.39, 0.29) is 18.5 Å². The number of likely N-dealkylation sites (tertiary alicyclic amines) is 1. The van der Waals surface area contributed by atoms with E-state index >= 15 is 0 Å². The third-order valence-corrected chi connectivity index (χ3v) is 5.71. The molecule has 30 heavy (non-hydrogen) atoms. The maximum atomic E-state index is 13.1. The largest absolute Gasteiger partial charge is 0.496 e. The smallest absolute Gasteiger partial charge is 0.231 e. The van der Waals surface area contributed by atoms with Gasteiger partial charge in [-0.2, -0.15) is 0 Å². The molecule has 2 heterocycles. The normalized spacial score (nSPS) is 18.2. The van der Waals surface area contributed by atoms with E-state index in [0.717, 1.165) is 30.7 Å². The minimum Gasteiger partial charge on any atom is -0.496 e. The molecule has 0 spiro atoms. The average molecular weight is 413 g/mol. The third-order valence-electron chi connectivity index (χ3n) is 5.71. The number of methoxy groups -OCH3 is 3. The van der Waals surface area contributed by atoms with Crippen LogP contribution in [-0.2, 0) is 6.54 Å². The fraction of sp³-hybridized carbons (Fsp3) is 0.435. The summed E-state index contributed by atoms with van der Waals surface area (Å²) in [6.07, 6.45) is 1.85. The Hall–Kier alpha value is -2.93. The topological polar surface area (TPSA) is 66.5 Å². The highest BCUT2D eigenvalue weighted by Gasteiger charge is 2.28. The van der Waals surface area contributed by atoms with Crippen molar-refractivity contribution in [1.82, 2.24) is 4.90 Å². The highest BCUT2D eigenvalue weighted by Crippen LogP contribution is 2.36. The number of benzene rings is 2. The molecule has 0 N–H and O–H groups in total. The van der Waals surface area contributed by atoms with E-state index in [2.05, 4.69) is 4.90 Å². The van der Waals surface area contributed by atoms with Crippen LogP contribution in [0.15, 0.2) is 30.3 Å². The van der Waals surface area contributed by atoms with Gasteiger partial charge in [0.1, 0.15) is 5.75 Å². The summed E-state index contributed by atoms with van der Waals surface area (Å²) in [5, 5.41) is 0. The molecule has 0 bridgehead atoms. The molecular formula is C23H27NO6. The Kier molecular flexibility index (Phi) is 5.99. The summed E-state index contributed by atoms with van der Waals surface area (Å²) >= 11 is 0. The van der Waals surface area contributed by atoms with Crippen molar-refractivity contribution >= 4 is 5.78 Å². The van der Waals surface area contributed by atoms with Crippen LogP contribution < -0.4 is 23.7 Å². The number of piperidine rings is 1. The maximum absolute atomic E-state index is 13.1. The summed E-state index contributed by atoms with van der Waals surface area (Å²) in [5.41, 5.74) is 1.68. The summed E-state index contributed by atoms with van der Waals surface area (Å²) in [6, 6.07) is 9.21. The minimum absolute atomic E-state index is 0.0507. The predicted octanol–water partition coefficient (Wildman–Crippen LogP) is 3.54. The number of hydrogen-bond acceptors (Lipinski definition) is 7. The van der Waals surface area contributed by atoms with E-state index < -0.39 is 0 Å². The quantitative estimate of drug-likeness (QED) is 0.643. The fourth-order valence-electron chi connectivity index (χ4n) is 4.16. The summed E-state index contributed by atoms with van der Waals surface area (Å²) < 4.78 is 27.1. The number of Topliss-reactive ketones (excluding diaryl/α,β-unsaturated/α-hetero) is 1. The summed E-state index contributed by atoms with van der Waals surface area (Å²) in [6.45, 7) is 2.51. The van der Waals surface area contributed by atoms with Crippen molar-refractivity contribution < 1.29 is 28.5 Å². The van der Waals surface area contributed by atoms with Gasteiger partial charge in [0.2, 0.25) is 6.79 Å². The lowest BCUT2D eigenvalue weighted by atomic mass is 9.89. The van der Waals surface area contributed by atoms with Crippen molar-refractivity contribution in [2.24, 2.45) is 5.92 Å². The van der Waals surface area contributed by atoms with Gasteiger partial charge in [0.15, 0.2) is 28.8 Å². The molecule has 1 atom stereocenters. The first-order valence-electron chi connectivity index (χ1n) is 10.1. The van der Waals surface area contributed by atoms with Gasteiger partial charge < -0.3 is 23.7 Å². The molecule has 0 aromatic heterocycles. The number of carbonyl (C=O) groups is 1. The lowest BCUT2D eigenvalue weighted by molar-refractivity contribution is 0.0810. The molecule has 1 saturated heterocycles. The number of ether oxygens (including phenoxy) is 5. The van der Waals surface area contributed by atoms with Crippen molar-refractivity contribution in [3.63, 3.8) is 0 Å². The van der Waals surface area contributed by atoms with Crippen LogP contribution in [0.2, 0.25) is 0 Å². The lowest BCUT2D eigenvalue weighted by Crippen LogP contribution is -2.38. The Morgan fingerprint density at radius 3 is 2.50 bits per heavy atom. The molecule has 0 saturated carbocycles. The number of carbonyl (C=O) groups excluding carboxylic acids is 1. The van der Waals surface area contributed by atoms with Crippen molar-refractivity contribution in [3.8, 4) is 28.7 Å². The molecule has 0 unspecified atom stereocenters. The van der Waals surface area contributed by atoms with Crippen molar-refractivity contribution in [3.05, 3.63) is 41.5 Å². The SMILES string of the molecule is COc1cc(OC)c(OC)cc1CN1CCC[C@H](C(=O)c2ccc3c(c2)OCO3)C1. The van der Waals surface area contributed by atoms with Crippen LogP contribution in [-0.4, -0.2) is 51.9 Å². The first-order valence-corrected chi connectivity index (χ1v) is 10.1. The van der Waals surface area contributed by atoms with E-state index in [1.54, 1.807) is 27.4 Å². The van der Waals surface area contributed by atoms with Gasteiger partial charge >= 0.3 is 0 Å². The Morgan fingerprint density at radius 2 is 1.73 bits per heavy atom. The summed E-state index contributed by atoms with van der Waals surface area (Å²) in [5.74, 6) is 3.48. The molecule has 7 heteroatoms. The van der Waals surface area contributed by atoms with Crippen molar-refractivity contribution in [2.75, 3.05) is 41.2 Å². The molecule has 4 rings (SSSR count). The zero-order chi connectivity index (χ0) is 21.1. The van der Waals surface area contributed by atoms with Crippen molar-refractivity contribution in [1.29, 1.82) is 0 Å². The van der Waals surface area contributed by atoms with Gasteiger partial charge in [-0.3, -0.25) is 9.69 Å². The average Bonchev–Trinajstić information content (AvgIpc) is 3.26. The molecule has 0 aliphatic carbocycles. The van der Waals surface area contributed by atoms with E-state index in [1.807, 2.05) is 24.3 Å². The Balaban J connectivity index is 1.48. The second-order valence-electron chi connectivity index (χ2n) is 7.53. The van der Waals surface area contributed by atoms with Crippen LogP contribution in [0.25, 0.3) is 0 Å².